The van der Waals surface area contributed by atoms with Gasteiger partial charge in [0.1, 0.15) is 5.75 Å². The van der Waals surface area contributed by atoms with E-state index in [2.05, 4.69) is 5.32 Å². The molecule has 82 valence electrons. The Morgan fingerprint density at radius 2 is 1.93 bits per heavy atom. The zero-order chi connectivity index (χ0) is 11.3. The van der Waals surface area contributed by atoms with Crippen LogP contribution in [0.4, 0.5) is 0 Å². The maximum atomic E-state index is 11.5. The maximum absolute atomic E-state index is 11.5. The highest BCUT2D eigenvalue weighted by molar-refractivity contribution is 6.01. The summed E-state index contributed by atoms with van der Waals surface area (Å²) in [4.78, 5) is 11.5. The SMILES string of the molecule is CC1COc2ccccc2C1=O.CNC. The quantitative estimate of drug-likeness (QED) is 0.704. The van der Waals surface area contributed by atoms with Crippen molar-refractivity contribution in [2.45, 2.75) is 6.92 Å². The number of ether oxygens (including phenoxy) is 1. The molecule has 1 heterocycles. The smallest absolute Gasteiger partial charge is 0.172 e. The number of fused-ring (bicyclic) bond motifs is 1. The van der Waals surface area contributed by atoms with Crippen molar-refractivity contribution >= 4 is 5.78 Å². The molecular weight excluding hydrogens is 190 g/mol. The Morgan fingerprint density at radius 3 is 2.60 bits per heavy atom. The third kappa shape index (κ3) is 2.80. The highest BCUT2D eigenvalue weighted by Gasteiger charge is 2.24. The number of hydrogen-bond donors (Lipinski definition) is 1. The van der Waals surface area contributed by atoms with Crippen LogP contribution in [0.2, 0.25) is 0 Å². The maximum Gasteiger partial charge on any atom is 0.172 e. The molecule has 1 N–H and O–H groups in total. The Kier molecular flexibility index (Phi) is 4.31. The fourth-order valence-corrected chi connectivity index (χ4v) is 1.35. The van der Waals surface area contributed by atoms with Crippen molar-refractivity contribution in [2.75, 3.05) is 20.7 Å². The Balaban J connectivity index is 0.000000337. The van der Waals surface area contributed by atoms with Gasteiger partial charge in [-0.2, -0.15) is 0 Å². The monoisotopic (exact) mass is 207 g/mol. The lowest BCUT2D eigenvalue weighted by Crippen LogP contribution is -2.24. The highest BCUT2D eigenvalue weighted by Crippen LogP contribution is 2.26. The molecule has 0 spiro atoms. The largest absolute Gasteiger partial charge is 0.492 e. The number of benzene rings is 1. The minimum Gasteiger partial charge on any atom is -0.492 e. The molecular formula is C12H17NO2. The van der Waals surface area contributed by atoms with Crippen LogP contribution in [0.5, 0.6) is 5.75 Å². The molecule has 1 aliphatic rings. The molecule has 1 unspecified atom stereocenters. The van der Waals surface area contributed by atoms with Crippen LogP contribution in [0.15, 0.2) is 24.3 Å². The molecule has 1 aromatic rings. The average Bonchev–Trinajstić information content (AvgIpc) is 2.25. The number of ketones is 1. The van der Waals surface area contributed by atoms with Gasteiger partial charge in [-0.05, 0) is 26.2 Å². The molecule has 3 heteroatoms. The van der Waals surface area contributed by atoms with E-state index in [9.17, 15) is 4.79 Å². The minimum atomic E-state index is -0.0000926. The van der Waals surface area contributed by atoms with Crippen molar-refractivity contribution in [2.24, 2.45) is 5.92 Å². The first-order valence-electron chi connectivity index (χ1n) is 5.05. The normalized spacial score (nSPS) is 18.3. The van der Waals surface area contributed by atoms with Crippen molar-refractivity contribution < 1.29 is 9.53 Å². The second-order valence-electron chi connectivity index (χ2n) is 3.57. The van der Waals surface area contributed by atoms with Gasteiger partial charge in [0.25, 0.3) is 0 Å². The fraction of sp³-hybridized carbons (Fsp3) is 0.417. The van der Waals surface area contributed by atoms with Gasteiger partial charge in [0.05, 0.1) is 18.1 Å². The van der Waals surface area contributed by atoms with E-state index in [4.69, 9.17) is 4.74 Å². The summed E-state index contributed by atoms with van der Waals surface area (Å²) in [6, 6.07) is 7.38. The molecule has 0 aromatic heterocycles. The van der Waals surface area contributed by atoms with Gasteiger partial charge in [-0.3, -0.25) is 4.79 Å². The van der Waals surface area contributed by atoms with E-state index in [0.29, 0.717) is 6.61 Å². The summed E-state index contributed by atoms with van der Waals surface area (Å²) in [6.45, 7) is 2.40. The van der Waals surface area contributed by atoms with E-state index < -0.39 is 0 Å². The van der Waals surface area contributed by atoms with Crippen LogP contribution in [0, 0.1) is 5.92 Å². The molecule has 15 heavy (non-hydrogen) atoms. The predicted octanol–water partition coefficient (Wildman–Crippen LogP) is 1.73. The molecule has 0 radical (unpaired) electrons. The van der Waals surface area contributed by atoms with E-state index in [1.807, 2.05) is 45.3 Å². The number of carbonyl (C=O) groups excluding carboxylic acids is 1. The molecule has 1 aromatic carbocycles. The molecule has 0 saturated carbocycles. The number of para-hydroxylation sites is 1. The number of carbonyl (C=O) groups is 1. The number of rotatable bonds is 0. The van der Waals surface area contributed by atoms with Gasteiger partial charge >= 0.3 is 0 Å². The lowest BCUT2D eigenvalue weighted by atomic mass is 9.97. The van der Waals surface area contributed by atoms with Crippen molar-refractivity contribution in [3.63, 3.8) is 0 Å². The highest BCUT2D eigenvalue weighted by atomic mass is 16.5. The summed E-state index contributed by atoms with van der Waals surface area (Å²) in [5.41, 5.74) is 0.719. The predicted molar refractivity (Wildman–Crippen MR) is 60.4 cm³/mol. The average molecular weight is 207 g/mol. The summed E-state index contributed by atoms with van der Waals surface area (Å²) in [5.74, 6) is 0.914. The van der Waals surface area contributed by atoms with Crippen molar-refractivity contribution in [3.05, 3.63) is 29.8 Å². The molecule has 3 nitrogen and oxygen atoms in total. The Bertz CT molecular complexity index is 336. The van der Waals surface area contributed by atoms with E-state index in [0.717, 1.165) is 11.3 Å². The van der Waals surface area contributed by atoms with Crippen LogP contribution in [0.3, 0.4) is 0 Å². The van der Waals surface area contributed by atoms with Crippen molar-refractivity contribution in [3.8, 4) is 5.75 Å². The topological polar surface area (TPSA) is 38.3 Å². The van der Waals surface area contributed by atoms with Gasteiger partial charge in [-0.25, -0.2) is 0 Å². The van der Waals surface area contributed by atoms with Crippen molar-refractivity contribution in [1.29, 1.82) is 0 Å². The molecule has 1 atom stereocenters. The molecule has 0 bridgehead atoms. The van der Waals surface area contributed by atoms with Gasteiger partial charge in [-0.1, -0.05) is 19.1 Å². The molecule has 2 rings (SSSR count). The van der Waals surface area contributed by atoms with Crippen LogP contribution in [0.25, 0.3) is 0 Å². The second kappa shape index (κ2) is 5.51. The first kappa shape index (κ1) is 11.7. The first-order chi connectivity index (χ1) is 7.20. The summed E-state index contributed by atoms with van der Waals surface area (Å²) in [5, 5.41) is 2.75. The molecule has 1 aliphatic heterocycles. The standard InChI is InChI=1S/C10H10O2.C2H7N/c1-7-6-12-9-5-3-2-4-8(9)10(7)11;1-3-2/h2-5,7H,6H2,1H3;3H,1-2H3. The Labute approximate surface area is 90.4 Å². The number of nitrogens with one attached hydrogen (secondary N) is 1. The van der Waals surface area contributed by atoms with Gasteiger partial charge < -0.3 is 10.1 Å². The Hall–Kier alpha value is -1.35. The second-order valence-corrected chi connectivity index (χ2v) is 3.57. The lowest BCUT2D eigenvalue weighted by Gasteiger charge is -2.20. The zero-order valence-corrected chi connectivity index (χ0v) is 9.41. The van der Waals surface area contributed by atoms with E-state index in [1.165, 1.54) is 0 Å². The molecule has 0 amide bonds. The van der Waals surface area contributed by atoms with Crippen molar-refractivity contribution in [1.82, 2.24) is 5.32 Å². The van der Waals surface area contributed by atoms with Crippen LogP contribution in [0.1, 0.15) is 17.3 Å². The fourth-order valence-electron chi connectivity index (χ4n) is 1.35. The third-order valence-electron chi connectivity index (χ3n) is 2.09. The third-order valence-corrected chi connectivity index (χ3v) is 2.09. The number of Topliss-reactive ketones (excluding diaryl/α,β-unsaturated/α-hetero) is 1. The van der Waals surface area contributed by atoms with E-state index in [-0.39, 0.29) is 11.7 Å². The van der Waals surface area contributed by atoms with E-state index in [1.54, 1.807) is 0 Å². The van der Waals surface area contributed by atoms with Crippen LogP contribution < -0.4 is 10.1 Å². The summed E-state index contributed by atoms with van der Waals surface area (Å²) >= 11 is 0. The summed E-state index contributed by atoms with van der Waals surface area (Å²) in [6.07, 6.45) is 0. The summed E-state index contributed by atoms with van der Waals surface area (Å²) in [7, 11) is 3.75. The first-order valence-corrected chi connectivity index (χ1v) is 5.05. The molecule has 0 saturated heterocycles. The van der Waals surface area contributed by atoms with Gasteiger partial charge in [0, 0.05) is 0 Å². The van der Waals surface area contributed by atoms with Gasteiger partial charge in [0.15, 0.2) is 5.78 Å². The van der Waals surface area contributed by atoms with E-state index >= 15 is 0 Å². The minimum absolute atomic E-state index is 0.0000926. The lowest BCUT2D eigenvalue weighted by molar-refractivity contribution is 0.0849. The molecule has 0 fully saturated rings. The summed E-state index contributed by atoms with van der Waals surface area (Å²) < 4.78 is 5.39. The van der Waals surface area contributed by atoms with Crippen LogP contribution in [-0.4, -0.2) is 26.5 Å². The molecule has 0 aliphatic carbocycles. The number of hydrogen-bond acceptors (Lipinski definition) is 3. The van der Waals surface area contributed by atoms with Crippen LogP contribution >= 0.6 is 0 Å². The zero-order valence-electron chi connectivity index (χ0n) is 9.41. The van der Waals surface area contributed by atoms with Crippen LogP contribution in [-0.2, 0) is 0 Å². The van der Waals surface area contributed by atoms with Gasteiger partial charge in [-0.15, -0.1) is 0 Å². The Morgan fingerprint density at radius 1 is 1.33 bits per heavy atom. The van der Waals surface area contributed by atoms with Gasteiger partial charge in [0.2, 0.25) is 0 Å².